The van der Waals surface area contributed by atoms with Gasteiger partial charge in [-0.25, -0.2) is 13.1 Å². The second-order valence-corrected chi connectivity index (χ2v) is 9.64. The molecule has 6 heteroatoms. The van der Waals surface area contributed by atoms with Gasteiger partial charge in [0.2, 0.25) is 10.0 Å². The van der Waals surface area contributed by atoms with Crippen LogP contribution in [0.3, 0.4) is 0 Å². The average molecular weight is 390 g/mol. The predicted octanol–water partition coefficient (Wildman–Crippen LogP) is 3.94. The van der Waals surface area contributed by atoms with Crippen molar-refractivity contribution in [3.63, 3.8) is 0 Å². The third kappa shape index (κ3) is 4.51. The van der Waals surface area contributed by atoms with Gasteiger partial charge in [0.1, 0.15) is 17.1 Å². The van der Waals surface area contributed by atoms with Crippen molar-refractivity contribution in [1.82, 2.24) is 4.72 Å². The highest BCUT2D eigenvalue weighted by atomic mass is 32.2. The second kappa shape index (κ2) is 8.00. The fourth-order valence-electron chi connectivity index (χ4n) is 3.43. The quantitative estimate of drug-likeness (QED) is 0.785. The Bertz CT molecular complexity index is 850. The molecule has 2 unspecified atom stereocenters. The molecule has 1 aliphatic rings. The van der Waals surface area contributed by atoms with Crippen LogP contribution >= 0.6 is 0 Å². The van der Waals surface area contributed by atoms with E-state index in [1.807, 2.05) is 54.6 Å². The lowest BCUT2D eigenvalue weighted by molar-refractivity contribution is -0.0250. The molecule has 2 aromatic rings. The van der Waals surface area contributed by atoms with Crippen molar-refractivity contribution in [2.45, 2.75) is 56.4 Å². The molecule has 1 saturated carbocycles. The fourth-order valence-corrected chi connectivity index (χ4v) is 4.41. The number of hydrogen-bond acceptors (Lipinski definition) is 4. The number of hydrogen-bond donors (Lipinski definition) is 2. The van der Waals surface area contributed by atoms with Crippen LogP contribution in [-0.2, 0) is 15.6 Å². The van der Waals surface area contributed by atoms with Crippen molar-refractivity contribution in [1.29, 1.82) is 0 Å². The van der Waals surface area contributed by atoms with Gasteiger partial charge in [-0.2, -0.15) is 0 Å². The minimum Gasteiger partial charge on any atom is -0.457 e. The Morgan fingerprint density at radius 3 is 2.30 bits per heavy atom. The van der Waals surface area contributed by atoms with Gasteiger partial charge >= 0.3 is 0 Å². The number of benzene rings is 2. The summed E-state index contributed by atoms with van der Waals surface area (Å²) >= 11 is 0. The van der Waals surface area contributed by atoms with Gasteiger partial charge in [-0.15, -0.1) is 0 Å². The van der Waals surface area contributed by atoms with E-state index in [9.17, 15) is 13.5 Å². The van der Waals surface area contributed by atoms with Crippen LogP contribution in [0.1, 0.15) is 45.1 Å². The smallest absolute Gasteiger partial charge is 0.214 e. The van der Waals surface area contributed by atoms with E-state index in [4.69, 9.17) is 4.74 Å². The van der Waals surface area contributed by atoms with E-state index >= 15 is 0 Å². The summed E-state index contributed by atoms with van der Waals surface area (Å²) in [5.41, 5.74) is -0.509. The van der Waals surface area contributed by atoms with Gasteiger partial charge in [-0.05, 0) is 56.5 Å². The highest BCUT2D eigenvalue weighted by Gasteiger charge is 2.42. The lowest BCUT2D eigenvalue weighted by Crippen LogP contribution is -2.53. The van der Waals surface area contributed by atoms with Crippen LogP contribution in [0.15, 0.2) is 54.6 Å². The molecule has 0 aliphatic heterocycles. The largest absolute Gasteiger partial charge is 0.457 e. The van der Waals surface area contributed by atoms with E-state index in [1.54, 1.807) is 13.8 Å². The minimum absolute atomic E-state index is 0.525. The molecule has 5 nitrogen and oxygen atoms in total. The highest BCUT2D eigenvalue weighted by molar-refractivity contribution is 7.90. The molecule has 0 amide bonds. The standard InChI is InChI=1S/C21H27NO4S/c1-16(2)27(24,25)22-20-10-6-7-15-21(20,23)17-11-13-19(14-12-17)26-18-8-4-3-5-9-18/h3-5,8-9,11-14,16,20,22-23H,6-7,10,15H2,1-2H3. The number of ether oxygens (including phenoxy) is 1. The summed E-state index contributed by atoms with van der Waals surface area (Å²) in [5, 5.41) is 10.8. The average Bonchev–Trinajstić information content (AvgIpc) is 2.65. The Kier molecular flexibility index (Phi) is 5.89. The Hall–Kier alpha value is -1.89. The van der Waals surface area contributed by atoms with Gasteiger partial charge in [0.05, 0.1) is 11.3 Å². The van der Waals surface area contributed by atoms with Gasteiger partial charge in [0.25, 0.3) is 0 Å². The van der Waals surface area contributed by atoms with Crippen LogP contribution in [0.2, 0.25) is 0 Å². The van der Waals surface area contributed by atoms with Crippen molar-refractivity contribution < 1.29 is 18.3 Å². The zero-order valence-electron chi connectivity index (χ0n) is 15.8. The number of sulfonamides is 1. The lowest BCUT2D eigenvalue weighted by atomic mass is 9.76. The predicted molar refractivity (Wildman–Crippen MR) is 106 cm³/mol. The third-order valence-corrected chi connectivity index (χ3v) is 6.99. The zero-order valence-corrected chi connectivity index (χ0v) is 16.6. The molecular weight excluding hydrogens is 362 g/mol. The molecule has 0 aromatic heterocycles. The summed E-state index contributed by atoms with van der Waals surface area (Å²) in [6, 6.07) is 16.2. The molecule has 3 rings (SSSR count). The first-order valence-electron chi connectivity index (χ1n) is 9.38. The summed E-state index contributed by atoms with van der Waals surface area (Å²) < 4.78 is 33.2. The van der Waals surface area contributed by atoms with E-state index in [-0.39, 0.29) is 0 Å². The Labute approximate surface area is 161 Å². The van der Waals surface area contributed by atoms with Crippen molar-refractivity contribution in [3.8, 4) is 11.5 Å². The van der Waals surface area contributed by atoms with Gasteiger partial charge in [-0.1, -0.05) is 43.2 Å². The van der Waals surface area contributed by atoms with E-state index < -0.39 is 26.9 Å². The number of aliphatic hydroxyl groups is 1. The van der Waals surface area contributed by atoms with Crippen molar-refractivity contribution in [2.75, 3.05) is 0 Å². The SMILES string of the molecule is CC(C)S(=O)(=O)NC1CCCCC1(O)c1ccc(Oc2ccccc2)cc1. The minimum atomic E-state index is -3.46. The molecule has 0 radical (unpaired) electrons. The highest BCUT2D eigenvalue weighted by Crippen LogP contribution is 2.38. The maximum atomic E-state index is 12.3. The van der Waals surface area contributed by atoms with E-state index in [1.165, 1.54) is 0 Å². The first kappa shape index (κ1) is 19.9. The number of rotatable bonds is 6. The van der Waals surface area contributed by atoms with E-state index in [0.717, 1.165) is 18.6 Å². The second-order valence-electron chi connectivity index (χ2n) is 7.37. The van der Waals surface area contributed by atoms with Crippen LogP contribution in [0, 0.1) is 0 Å². The first-order valence-corrected chi connectivity index (χ1v) is 10.9. The zero-order chi connectivity index (χ0) is 19.5. The summed E-state index contributed by atoms with van der Waals surface area (Å²) in [5.74, 6) is 1.41. The Morgan fingerprint density at radius 1 is 1.04 bits per heavy atom. The van der Waals surface area contributed by atoms with E-state index in [2.05, 4.69) is 4.72 Å². The molecule has 0 heterocycles. The van der Waals surface area contributed by atoms with Crippen molar-refractivity contribution in [3.05, 3.63) is 60.2 Å². The first-order chi connectivity index (χ1) is 12.8. The van der Waals surface area contributed by atoms with Crippen LogP contribution < -0.4 is 9.46 Å². The third-order valence-electron chi connectivity index (χ3n) is 5.14. The van der Waals surface area contributed by atoms with Gasteiger partial charge in [0.15, 0.2) is 0 Å². The van der Waals surface area contributed by atoms with Gasteiger partial charge in [-0.3, -0.25) is 0 Å². The molecule has 146 valence electrons. The monoisotopic (exact) mass is 389 g/mol. The lowest BCUT2D eigenvalue weighted by Gasteiger charge is -2.41. The van der Waals surface area contributed by atoms with Crippen LogP contribution in [0.5, 0.6) is 11.5 Å². The Balaban J connectivity index is 1.81. The topological polar surface area (TPSA) is 75.6 Å². The molecule has 0 saturated heterocycles. The molecule has 2 atom stereocenters. The summed E-state index contributed by atoms with van der Waals surface area (Å²) in [7, 11) is -3.46. The maximum Gasteiger partial charge on any atom is 0.214 e. The molecule has 0 spiro atoms. The fraction of sp³-hybridized carbons (Fsp3) is 0.429. The summed E-state index contributed by atoms with van der Waals surface area (Å²) in [4.78, 5) is 0. The molecule has 1 aliphatic carbocycles. The molecule has 2 aromatic carbocycles. The molecular formula is C21H27NO4S. The molecule has 2 N–H and O–H groups in total. The normalized spacial score (nSPS) is 23.3. The van der Waals surface area contributed by atoms with Gasteiger partial charge in [0, 0.05) is 0 Å². The molecule has 27 heavy (non-hydrogen) atoms. The van der Waals surface area contributed by atoms with Crippen LogP contribution in [-0.4, -0.2) is 24.8 Å². The van der Waals surface area contributed by atoms with Gasteiger partial charge < -0.3 is 9.84 Å². The molecule has 1 fully saturated rings. The number of para-hydroxylation sites is 1. The Morgan fingerprint density at radius 2 is 1.67 bits per heavy atom. The summed E-state index contributed by atoms with van der Waals surface area (Å²) in [6.07, 6.45) is 2.89. The van der Waals surface area contributed by atoms with E-state index in [0.29, 0.717) is 24.2 Å². The summed E-state index contributed by atoms with van der Waals surface area (Å²) in [6.45, 7) is 3.28. The van der Waals surface area contributed by atoms with Crippen LogP contribution in [0.25, 0.3) is 0 Å². The maximum absolute atomic E-state index is 12.3. The number of nitrogens with one attached hydrogen (secondary N) is 1. The van der Waals surface area contributed by atoms with Crippen molar-refractivity contribution >= 4 is 10.0 Å². The van der Waals surface area contributed by atoms with Crippen molar-refractivity contribution in [2.24, 2.45) is 0 Å². The van der Waals surface area contributed by atoms with Crippen LogP contribution in [0.4, 0.5) is 0 Å². The molecule has 0 bridgehead atoms.